The number of rotatable bonds is 4. The van der Waals surface area contributed by atoms with Gasteiger partial charge in [0.2, 0.25) is 0 Å². The molecule has 0 aliphatic carbocycles. The van der Waals surface area contributed by atoms with E-state index in [1.807, 2.05) is 0 Å². The lowest BCUT2D eigenvalue weighted by Crippen LogP contribution is -2.40. The predicted octanol–water partition coefficient (Wildman–Crippen LogP) is 0.659. The number of methoxy groups -OCH3 is 1. The molecule has 1 heterocycles. The van der Waals surface area contributed by atoms with Crippen LogP contribution in [0.25, 0.3) is 0 Å². The van der Waals surface area contributed by atoms with Gasteiger partial charge in [0, 0.05) is 27.3 Å². The summed E-state index contributed by atoms with van der Waals surface area (Å²) in [6, 6.07) is 0. The maximum atomic E-state index is 11.6. The highest BCUT2D eigenvalue weighted by atomic mass is 16.5. The highest BCUT2D eigenvalue weighted by Gasteiger charge is 2.22. The van der Waals surface area contributed by atoms with Crippen LogP contribution < -0.4 is 0 Å². The topological polar surface area (TPSA) is 38.8 Å². The van der Waals surface area contributed by atoms with Crippen LogP contribution in [0.3, 0.4) is 0 Å². The SMILES string of the molecule is COC(C)C(=O)N(C)CC1CCCO1. The van der Waals surface area contributed by atoms with E-state index >= 15 is 0 Å². The van der Waals surface area contributed by atoms with E-state index in [-0.39, 0.29) is 18.1 Å². The van der Waals surface area contributed by atoms with Gasteiger partial charge in [0.15, 0.2) is 0 Å². The van der Waals surface area contributed by atoms with Gasteiger partial charge in [0.1, 0.15) is 6.10 Å². The second-order valence-corrected chi connectivity index (χ2v) is 3.73. The van der Waals surface area contributed by atoms with Crippen LogP contribution in [-0.4, -0.2) is 50.3 Å². The van der Waals surface area contributed by atoms with E-state index in [2.05, 4.69) is 0 Å². The minimum absolute atomic E-state index is 0.0167. The van der Waals surface area contributed by atoms with Crippen molar-refractivity contribution in [1.82, 2.24) is 4.90 Å². The molecule has 0 N–H and O–H groups in total. The maximum Gasteiger partial charge on any atom is 0.251 e. The van der Waals surface area contributed by atoms with E-state index in [4.69, 9.17) is 9.47 Å². The molecule has 0 saturated carbocycles. The summed E-state index contributed by atoms with van der Waals surface area (Å²) in [7, 11) is 3.34. The van der Waals surface area contributed by atoms with Crippen molar-refractivity contribution >= 4 is 5.91 Å². The number of ether oxygens (including phenoxy) is 2. The summed E-state index contributed by atoms with van der Waals surface area (Å²) in [5.74, 6) is 0.0167. The van der Waals surface area contributed by atoms with Crippen molar-refractivity contribution in [2.45, 2.75) is 32.0 Å². The monoisotopic (exact) mass is 201 g/mol. The van der Waals surface area contributed by atoms with Crippen molar-refractivity contribution in [2.24, 2.45) is 0 Å². The third kappa shape index (κ3) is 2.96. The molecule has 0 bridgehead atoms. The molecule has 0 aromatic rings. The zero-order valence-electron chi connectivity index (χ0n) is 9.16. The molecule has 0 aromatic carbocycles. The van der Waals surface area contributed by atoms with Gasteiger partial charge in [-0.1, -0.05) is 0 Å². The summed E-state index contributed by atoms with van der Waals surface area (Å²) >= 11 is 0. The van der Waals surface area contributed by atoms with Gasteiger partial charge in [-0.3, -0.25) is 4.79 Å². The normalized spacial score (nSPS) is 23.5. The zero-order valence-corrected chi connectivity index (χ0v) is 9.16. The van der Waals surface area contributed by atoms with Gasteiger partial charge in [0.25, 0.3) is 5.91 Å². The molecule has 4 nitrogen and oxygen atoms in total. The third-order valence-electron chi connectivity index (χ3n) is 2.58. The average Bonchev–Trinajstić information content (AvgIpc) is 2.68. The Balaban J connectivity index is 2.32. The quantitative estimate of drug-likeness (QED) is 0.670. The Bertz CT molecular complexity index is 190. The van der Waals surface area contributed by atoms with Gasteiger partial charge in [-0.15, -0.1) is 0 Å². The molecule has 4 heteroatoms. The molecule has 1 aliphatic rings. The molecule has 1 amide bonds. The van der Waals surface area contributed by atoms with Crippen molar-refractivity contribution in [3.05, 3.63) is 0 Å². The lowest BCUT2D eigenvalue weighted by molar-refractivity contribution is -0.140. The molecule has 0 radical (unpaired) electrons. The first-order chi connectivity index (χ1) is 6.65. The van der Waals surface area contributed by atoms with Gasteiger partial charge in [-0.25, -0.2) is 0 Å². The maximum absolute atomic E-state index is 11.6. The van der Waals surface area contributed by atoms with Gasteiger partial charge in [-0.2, -0.15) is 0 Å². The van der Waals surface area contributed by atoms with Crippen LogP contribution in [0.4, 0.5) is 0 Å². The number of hydrogen-bond donors (Lipinski definition) is 0. The number of carbonyl (C=O) groups excluding carboxylic acids is 1. The van der Waals surface area contributed by atoms with Crippen molar-refractivity contribution in [3.63, 3.8) is 0 Å². The van der Waals surface area contributed by atoms with E-state index in [0.29, 0.717) is 6.54 Å². The Kier molecular flexibility index (Phi) is 4.35. The van der Waals surface area contributed by atoms with Crippen molar-refractivity contribution in [3.8, 4) is 0 Å². The Morgan fingerprint density at radius 1 is 1.71 bits per heavy atom. The smallest absolute Gasteiger partial charge is 0.251 e. The summed E-state index contributed by atoms with van der Waals surface area (Å²) in [6.45, 7) is 3.26. The van der Waals surface area contributed by atoms with Gasteiger partial charge >= 0.3 is 0 Å². The molecule has 2 atom stereocenters. The number of amides is 1. The van der Waals surface area contributed by atoms with Crippen LogP contribution in [0.15, 0.2) is 0 Å². The summed E-state index contributed by atoms with van der Waals surface area (Å²) in [4.78, 5) is 13.3. The van der Waals surface area contributed by atoms with Gasteiger partial charge in [0.05, 0.1) is 6.10 Å². The van der Waals surface area contributed by atoms with Crippen LogP contribution in [0, 0.1) is 0 Å². The zero-order chi connectivity index (χ0) is 10.6. The lowest BCUT2D eigenvalue weighted by atomic mass is 10.2. The molecule has 1 aliphatic heterocycles. The summed E-state index contributed by atoms with van der Waals surface area (Å²) in [5.41, 5.74) is 0. The highest BCUT2D eigenvalue weighted by molar-refractivity contribution is 5.80. The first kappa shape index (κ1) is 11.5. The molecule has 2 unspecified atom stereocenters. The summed E-state index contributed by atoms with van der Waals surface area (Å²) in [5, 5.41) is 0. The fourth-order valence-corrected chi connectivity index (χ4v) is 1.59. The van der Waals surface area contributed by atoms with Crippen LogP contribution >= 0.6 is 0 Å². The van der Waals surface area contributed by atoms with Gasteiger partial charge in [-0.05, 0) is 19.8 Å². The van der Waals surface area contributed by atoms with Crippen LogP contribution in [0.1, 0.15) is 19.8 Å². The fraction of sp³-hybridized carbons (Fsp3) is 0.900. The third-order valence-corrected chi connectivity index (χ3v) is 2.58. The second-order valence-electron chi connectivity index (χ2n) is 3.73. The van der Waals surface area contributed by atoms with E-state index in [9.17, 15) is 4.79 Å². The van der Waals surface area contributed by atoms with Crippen molar-refractivity contribution in [1.29, 1.82) is 0 Å². The second kappa shape index (κ2) is 5.32. The standard InChI is InChI=1S/C10H19NO3/c1-8(13-3)10(12)11(2)7-9-5-4-6-14-9/h8-9H,4-7H2,1-3H3. The molecule has 1 saturated heterocycles. The average molecular weight is 201 g/mol. The predicted molar refractivity (Wildman–Crippen MR) is 53.1 cm³/mol. The Labute approximate surface area is 85.2 Å². The highest BCUT2D eigenvalue weighted by Crippen LogP contribution is 2.13. The Hall–Kier alpha value is -0.610. The van der Waals surface area contributed by atoms with Crippen LogP contribution in [0.2, 0.25) is 0 Å². The Morgan fingerprint density at radius 3 is 2.93 bits per heavy atom. The molecular weight excluding hydrogens is 182 g/mol. The molecule has 0 spiro atoms. The van der Waals surface area contributed by atoms with Crippen molar-refractivity contribution in [2.75, 3.05) is 27.3 Å². The first-order valence-corrected chi connectivity index (χ1v) is 5.04. The number of hydrogen-bond acceptors (Lipinski definition) is 3. The molecule has 1 rings (SSSR count). The van der Waals surface area contributed by atoms with Crippen LogP contribution in [0.5, 0.6) is 0 Å². The largest absolute Gasteiger partial charge is 0.376 e. The molecule has 1 fully saturated rings. The Morgan fingerprint density at radius 2 is 2.43 bits per heavy atom. The number of carbonyl (C=O) groups is 1. The van der Waals surface area contributed by atoms with Gasteiger partial charge < -0.3 is 14.4 Å². The molecule has 82 valence electrons. The minimum atomic E-state index is -0.360. The molecular formula is C10H19NO3. The molecule has 14 heavy (non-hydrogen) atoms. The van der Waals surface area contributed by atoms with E-state index in [1.165, 1.54) is 0 Å². The van der Waals surface area contributed by atoms with E-state index in [1.54, 1.807) is 26.0 Å². The van der Waals surface area contributed by atoms with E-state index < -0.39 is 0 Å². The van der Waals surface area contributed by atoms with Crippen molar-refractivity contribution < 1.29 is 14.3 Å². The number of likely N-dealkylation sites (N-methyl/N-ethyl adjacent to an activating group) is 1. The summed E-state index contributed by atoms with van der Waals surface area (Å²) in [6.07, 6.45) is 2.01. The fourth-order valence-electron chi connectivity index (χ4n) is 1.59. The van der Waals surface area contributed by atoms with Crippen LogP contribution in [-0.2, 0) is 14.3 Å². The van der Waals surface area contributed by atoms with E-state index in [0.717, 1.165) is 19.4 Å². The minimum Gasteiger partial charge on any atom is -0.376 e. The first-order valence-electron chi connectivity index (χ1n) is 5.04. The molecule has 0 aromatic heterocycles. The lowest BCUT2D eigenvalue weighted by Gasteiger charge is -2.23. The number of nitrogens with zero attached hydrogens (tertiary/aromatic N) is 1. The summed E-state index contributed by atoms with van der Waals surface area (Å²) < 4.78 is 10.4.